The molecule has 0 radical (unpaired) electrons. The SMILES string of the molecule is CCOC(CCNC(=O)C1c2ccccc2C(=O)N(CCOC)C1c1c[nH]c2ccccc12)OCC. The van der Waals surface area contributed by atoms with Crippen LogP contribution >= 0.6 is 0 Å². The highest BCUT2D eigenvalue weighted by Crippen LogP contribution is 2.44. The Hall–Kier alpha value is -3.20. The number of hydrogen-bond acceptors (Lipinski definition) is 5. The molecular formula is C28H35N3O5. The van der Waals surface area contributed by atoms with Gasteiger partial charge in [0.2, 0.25) is 5.91 Å². The van der Waals surface area contributed by atoms with Gasteiger partial charge in [0.25, 0.3) is 5.91 Å². The number of hydrogen-bond donors (Lipinski definition) is 2. The van der Waals surface area contributed by atoms with Crippen LogP contribution in [0.1, 0.15) is 53.7 Å². The molecule has 2 amide bonds. The summed E-state index contributed by atoms with van der Waals surface area (Å²) in [6.07, 6.45) is 2.08. The molecule has 0 saturated carbocycles. The molecular weight excluding hydrogens is 458 g/mol. The predicted molar refractivity (Wildman–Crippen MR) is 138 cm³/mol. The number of carbonyl (C=O) groups excluding carboxylic acids is 2. The van der Waals surface area contributed by atoms with E-state index in [0.29, 0.717) is 44.9 Å². The second-order valence-electron chi connectivity index (χ2n) is 8.71. The first kappa shape index (κ1) is 25.9. The summed E-state index contributed by atoms with van der Waals surface area (Å²) < 4.78 is 16.6. The van der Waals surface area contributed by atoms with E-state index in [1.807, 2.05) is 62.5 Å². The number of H-pyrrole nitrogens is 1. The van der Waals surface area contributed by atoms with Crippen molar-refractivity contribution in [3.05, 3.63) is 71.4 Å². The Kier molecular flexibility index (Phi) is 8.74. The van der Waals surface area contributed by atoms with E-state index in [4.69, 9.17) is 14.2 Å². The molecule has 36 heavy (non-hydrogen) atoms. The molecule has 8 heteroatoms. The number of amides is 2. The van der Waals surface area contributed by atoms with Gasteiger partial charge in [-0.25, -0.2) is 0 Å². The van der Waals surface area contributed by atoms with Crippen LogP contribution in [0.2, 0.25) is 0 Å². The van der Waals surface area contributed by atoms with E-state index in [-0.39, 0.29) is 18.1 Å². The standard InChI is InChI=1S/C28H35N3O5/c1-4-35-24(36-5-2)14-15-29-27(32)25-20-11-6-7-12-21(20)28(33)31(16-17-34-3)26(25)22-18-30-23-13-9-8-10-19(22)23/h6-13,18,24-26,30H,4-5,14-17H2,1-3H3,(H,29,32). The number of methoxy groups -OCH3 is 1. The summed E-state index contributed by atoms with van der Waals surface area (Å²) in [5.74, 6) is -0.832. The molecule has 3 aromatic rings. The van der Waals surface area contributed by atoms with Crippen molar-refractivity contribution in [1.82, 2.24) is 15.2 Å². The van der Waals surface area contributed by atoms with E-state index in [0.717, 1.165) is 22.0 Å². The minimum Gasteiger partial charge on any atom is -0.383 e. The lowest BCUT2D eigenvalue weighted by Crippen LogP contribution is -2.48. The Bertz CT molecular complexity index is 1170. The van der Waals surface area contributed by atoms with E-state index in [1.54, 1.807) is 18.1 Å². The van der Waals surface area contributed by atoms with Gasteiger partial charge in [0, 0.05) is 68.1 Å². The summed E-state index contributed by atoms with van der Waals surface area (Å²) in [5, 5.41) is 4.08. The number of aromatic nitrogens is 1. The van der Waals surface area contributed by atoms with Gasteiger partial charge in [-0.15, -0.1) is 0 Å². The van der Waals surface area contributed by atoms with Crippen molar-refractivity contribution in [1.29, 1.82) is 0 Å². The number of para-hydroxylation sites is 1. The quantitative estimate of drug-likeness (QED) is 0.372. The third-order valence-electron chi connectivity index (χ3n) is 6.58. The number of aromatic amines is 1. The lowest BCUT2D eigenvalue weighted by Gasteiger charge is -2.41. The molecule has 1 aliphatic heterocycles. The zero-order valence-electron chi connectivity index (χ0n) is 21.2. The van der Waals surface area contributed by atoms with E-state index < -0.39 is 12.0 Å². The number of carbonyl (C=O) groups is 2. The lowest BCUT2D eigenvalue weighted by atomic mass is 9.79. The molecule has 4 rings (SSSR count). The van der Waals surface area contributed by atoms with Crippen LogP contribution in [0.4, 0.5) is 0 Å². The van der Waals surface area contributed by atoms with E-state index >= 15 is 0 Å². The molecule has 2 N–H and O–H groups in total. The summed E-state index contributed by atoms with van der Waals surface area (Å²) in [6, 6.07) is 14.8. The molecule has 1 aliphatic rings. The molecule has 2 aromatic carbocycles. The molecule has 0 saturated heterocycles. The second-order valence-corrected chi connectivity index (χ2v) is 8.71. The van der Waals surface area contributed by atoms with E-state index in [9.17, 15) is 9.59 Å². The Labute approximate surface area is 211 Å². The van der Waals surface area contributed by atoms with Crippen molar-refractivity contribution >= 4 is 22.7 Å². The molecule has 0 bridgehead atoms. The van der Waals surface area contributed by atoms with Crippen LogP contribution in [0.25, 0.3) is 10.9 Å². The molecule has 0 aliphatic carbocycles. The highest BCUT2D eigenvalue weighted by molar-refractivity contribution is 6.02. The van der Waals surface area contributed by atoms with Crippen LogP contribution in [0, 0.1) is 0 Å². The van der Waals surface area contributed by atoms with Crippen LogP contribution in [-0.4, -0.2) is 68.0 Å². The van der Waals surface area contributed by atoms with Gasteiger partial charge in [0.1, 0.15) is 0 Å². The average molecular weight is 494 g/mol. The third-order valence-corrected chi connectivity index (χ3v) is 6.58. The Balaban J connectivity index is 1.72. The largest absolute Gasteiger partial charge is 0.383 e. The van der Waals surface area contributed by atoms with Gasteiger partial charge in [0.15, 0.2) is 6.29 Å². The van der Waals surface area contributed by atoms with E-state index in [1.165, 1.54) is 0 Å². The summed E-state index contributed by atoms with van der Waals surface area (Å²) in [4.78, 5) is 32.6. The number of nitrogens with zero attached hydrogens (tertiary/aromatic N) is 1. The summed E-state index contributed by atoms with van der Waals surface area (Å²) in [6.45, 7) is 6.04. The number of nitrogens with one attached hydrogen (secondary N) is 2. The van der Waals surface area contributed by atoms with Crippen molar-refractivity contribution in [3.8, 4) is 0 Å². The van der Waals surface area contributed by atoms with E-state index in [2.05, 4.69) is 10.3 Å². The lowest BCUT2D eigenvalue weighted by molar-refractivity contribution is -0.140. The summed E-state index contributed by atoms with van der Waals surface area (Å²) >= 11 is 0. The highest BCUT2D eigenvalue weighted by atomic mass is 16.7. The number of ether oxygens (including phenoxy) is 3. The fourth-order valence-electron chi connectivity index (χ4n) is 5.00. The van der Waals surface area contributed by atoms with Crippen LogP contribution in [0.15, 0.2) is 54.7 Å². The van der Waals surface area contributed by atoms with Crippen molar-refractivity contribution < 1.29 is 23.8 Å². The first-order valence-corrected chi connectivity index (χ1v) is 12.6. The molecule has 8 nitrogen and oxygen atoms in total. The topological polar surface area (TPSA) is 92.9 Å². The van der Waals surface area contributed by atoms with Gasteiger partial charge < -0.3 is 29.4 Å². The Morgan fingerprint density at radius 2 is 1.78 bits per heavy atom. The number of rotatable bonds is 12. The van der Waals surface area contributed by atoms with Gasteiger partial charge in [-0.2, -0.15) is 0 Å². The van der Waals surface area contributed by atoms with Crippen molar-refractivity contribution in [2.45, 2.75) is 38.5 Å². The maximum absolute atomic E-state index is 13.9. The summed E-state index contributed by atoms with van der Waals surface area (Å²) in [5.41, 5.74) is 3.15. The predicted octanol–water partition coefficient (Wildman–Crippen LogP) is 4.00. The normalized spacial score (nSPS) is 17.6. The highest BCUT2D eigenvalue weighted by Gasteiger charge is 2.44. The van der Waals surface area contributed by atoms with Gasteiger partial charge in [0.05, 0.1) is 18.6 Å². The van der Waals surface area contributed by atoms with Crippen LogP contribution in [-0.2, 0) is 19.0 Å². The fraction of sp³-hybridized carbons (Fsp3) is 0.429. The smallest absolute Gasteiger partial charge is 0.254 e. The van der Waals surface area contributed by atoms with Crippen molar-refractivity contribution in [2.75, 3.05) is 40.0 Å². The Morgan fingerprint density at radius 1 is 1.06 bits per heavy atom. The van der Waals surface area contributed by atoms with Gasteiger partial charge in [-0.1, -0.05) is 36.4 Å². The van der Waals surface area contributed by atoms with Crippen LogP contribution in [0.5, 0.6) is 0 Å². The monoisotopic (exact) mass is 493 g/mol. The molecule has 0 fully saturated rings. The zero-order valence-corrected chi connectivity index (χ0v) is 21.2. The molecule has 2 unspecified atom stereocenters. The Morgan fingerprint density at radius 3 is 2.53 bits per heavy atom. The molecule has 1 aromatic heterocycles. The van der Waals surface area contributed by atoms with Crippen molar-refractivity contribution in [2.24, 2.45) is 0 Å². The summed E-state index contributed by atoms with van der Waals surface area (Å²) in [7, 11) is 1.61. The maximum Gasteiger partial charge on any atom is 0.254 e. The average Bonchev–Trinajstić information content (AvgIpc) is 3.32. The number of benzene rings is 2. The molecule has 2 heterocycles. The van der Waals surface area contributed by atoms with Crippen LogP contribution in [0.3, 0.4) is 0 Å². The van der Waals surface area contributed by atoms with Gasteiger partial charge in [-0.3, -0.25) is 9.59 Å². The molecule has 192 valence electrons. The molecule has 0 spiro atoms. The minimum absolute atomic E-state index is 0.102. The first-order chi connectivity index (χ1) is 17.6. The minimum atomic E-state index is -0.590. The van der Waals surface area contributed by atoms with Gasteiger partial charge >= 0.3 is 0 Å². The fourth-order valence-corrected chi connectivity index (χ4v) is 5.00. The zero-order chi connectivity index (χ0) is 25.5. The second kappa shape index (κ2) is 12.2. The number of fused-ring (bicyclic) bond motifs is 2. The van der Waals surface area contributed by atoms with Crippen LogP contribution < -0.4 is 5.32 Å². The van der Waals surface area contributed by atoms with Crippen molar-refractivity contribution in [3.63, 3.8) is 0 Å². The third kappa shape index (κ3) is 5.31. The molecule has 2 atom stereocenters. The van der Waals surface area contributed by atoms with Gasteiger partial charge in [-0.05, 0) is 31.5 Å². The first-order valence-electron chi connectivity index (χ1n) is 12.6. The maximum atomic E-state index is 13.9.